The maximum Gasteiger partial charge on any atom is 0.246 e. The van der Waals surface area contributed by atoms with E-state index in [1.807, 2.05) is 17.2 Å². The topological polar surface area (TPSA) is 80.3 Å². The van der Waals surface area contributed by atoms with Crippen molar-refractivity contribution in [3.63, 3.8) is 0 Å². The van der Waals surface area contributed by atoms with Crippen molar-refractivity contribution in [2.45, 2.75) is 38.1 Å². The van der Waals surface area contributed by atoms with Gasteiger partial charge in [-0.3, -0.25) is 9.69 Å². The van der Waals surface area contributed by atoms with Crippen LogP contribution in [0.4, 0.5) is 5.95 Å². The van der Waals surface area contributed by atoms with Crippen molar-refractivity contribution in [2.75, 3.05) is 65.5 Å². The second-order valence-electron chi connectivity index (χ2n) is 9.86. The second kappa shape index (κ2) is 11.4. The molecule has 9 nitrogen and oxygen atoms in total. The van der Waals surface area contributed by atoms with E-state index in [-0.39, 0.29) is 5.91 Å². The zero-order valence-corrected chi connectivity index (χ0v) is 22.1. The third-order valence-corrected chi connectivity index (χ3v) is 7.85. The normalized spacial score (nSPS) is 18.8. The number of piperazine rings is 1. The first-order valence-corrected chi connectivity index (χ1v) is 13.2. The Kier molecular flexibility index (Phi) is 7.79. The van der Waals surface area contributed by atoms with Crippen molar-refractivity contribution in [2.24, 2.45) is 0 Å². The Morgan fingerprint density at radius 3 is 2.30 bits per heavy atom. The van der Waals surface area contributed by atoms with Crippen LogP contribution in [0.3, 0.4) is 0 Å². The van der Waals surface area contributed by atoms with Gasteiger partial charge in [0.25, 0.3) is 0 Å². The Bertz CT molecular complexity index is 1140. The first kappa shape index (κ1) is 25.3. The van der Waals surface area contributed by atoms with E-state index in [4.69, 9.17) is 24.2 Å². The first-order valence-electron chi connectivity index (χ1n) is 13.2. The standard InChI is InChI=1S/C28H37N5O4/c1-35-24-18-26(37-3)25(36-2)17-20(24)7-8-27(34)32-11-9-21-19-29-28(30-23(21)10-12-32)33-15-13-31(14-16-33)22-5-4-6-22/h7-8,17-19,22H,4-6,9-16H2,1-3H3/b8-7+. The van der Waals surface area contributed by atoms with Gasteiger partial charge in [-0.25, -0.2) is 9.97 Å². The molecule has 9 heteroatoms. The summed E-state index contributed by atoms with van der Waals surface area (Å²) in [6, 6.07) is 4.36. The Labute approximate surface area is 219 Å². The Hall–Kier alpha value is -3.33. The SMILES string of the molecule is COc1cc(OC)c(OC)cc1/C=C/C(=O)N1CCc2cnc(N3CCN(C4CCC4)CC3)nc2CC1. The summed E-state index contributed by atoms with van der Waals surface area (Å²) in [5.41, 5.74) is 2.95. The van der Waals surface area contributed by atoms with Crippen molar-refractivity contribution < 1.29 is 19.0 Å². The molecule has 1 saturated carbocycles. The Balaban J connectivity index is 1.21. The minimum atomic E-state index is -0.0371. The van der Waals surface area contributed by atoms with E-state index in [9.17, 15) is 4.79 Å². The molecule has 1 amide bonds. The second-order valence-corrected chi connectivity index (χ2v) is 9.86. The molecule has 2 fully saturated rings. The molecule has 1 aromatic carbocycles. The van der Waals surface area contributed by atoms with Crippen molar-refractivity contribution >= 4 is 17.9 Å². The molecule has 0 spiro atoms. The molecule has 37 heavy (non-hydrogen) atoms. The Morgan fingerprint density at radius 2 is 1.62 bits per heavy atom. The van der Waals surface area contributed by atoms with Crippen LogP contribution in [0.15, 0.2) is 24.4 Å². The molecule has 3 aliphatic rings. The molecular formula is C28H37N5O4. The number of ether oxygens (including phenoxy) is 3. The minimum absolute atomic E-state index is 0.0371. The van der Waals surface area contributed by atoms with Crippen molar-refractivity contribution in [3.8, 4) is 17.2 Å². The molecule has 0 bridgehead atoms. The highest BCUT2D eigenvalue weighted by molar-refractivity contribution is 5.92. The summed E-state index contributed by atoms with van der Waals surface area (Å²) >= 11 is 0. The lowest BCUT2D eigenvalue weighted by atomic mass is 9.91. The van der Waals surface area contributed by atoms with Crippen LogP contribution < -0.4 is 19.1 Å². The van der Waals surface area contributed by atoms with Gasteiger partial charge in [0.15, 0.2) is 11.5 Å². The van der Waals surface area contributed by atoms with Gasteiger partial charge in [0.05, 0.1) is 27.0 Å². The zero-order valence-electron chi connectivity index (χ0n) is 22.1. The van der Waals surface area contributed by atoms with Gasteiger partial charge in [-0.2, -0.15) is 0 Å². The van der Waals surface area contributed by atoms with Gasteiger partial charge in [-0.05, 0) is 37.0 Å². The molecule has 3 heterocycles. The molecular weight excluding hydrogens is 470 g/mol. The fourth-order valence-electron chi connectivity index (χ4n) is 5.33. The van der Waals surface area contributed by atoms with E-state index in [1.165, 1.54) is 19.3 Å². The lowest BCUT2D eigenvalue weighted by molar-refractivity contribution is -0.125. The Morgan fingerprint density at radius 1 is 0.919 bits per heavy atom. The van der Waals surface area contributed by atoms with Gasteiger partial charge in [-0.15, -0.1) is 0 Å². The number of carbonyl (C=O) groups excluding carboxylic acids is 1. The highest BCUT2D eigenvalue weighted by Gasteiger charge is 2.29. The van der Waals surface area contributed by atoms with Gasteiger partial charge in [0.2, 0.25) is 11.9 Å². The fraction of sp³-hybridized carbons (Fsp3) is 0.536. The summed E-state index contributed by atoms with van der Waals surface area (Å²) < 4.78 is 16.2. The molecule has 0 atom stereocenters. The summed E-state index contributed by atoms with van der Waals surface area (Å²) in [6.07, 6.45) is 10.9. The molecule has 2 aliphatic heterocycles. The third kappa shape index (κ3) is 5.51. The summed E-state index contributed by atoms with van der Waals surface area (Å²) in [5.74, 6) is 2.56. The fourth-order valence-corrected chi connectivity index (χ4v) is 5.33. The van der Waals surface area contributed by atoms with E-state index < -0.39 is 0 Å². The largest absolute Gasteiger partial charge is 0.496 e. The van der Waals surface area contributed by atoms with Gasteiger partial charge in [0, 0.05) is 75.6 Å². The number of aromatic nitrogens is 2. The maximum absolute atomic E-state index is 13.1. The van der Waals surface area contributed by atoms with E-state index in [0.29, 0.717) is 30.3 Å². The third-order valence-electron chi connectivity index (χ3n) is 7.85. The number of nitrogens with zero attached hydrogens (tertiary/aromatic N) is 5. The number of carbonyl (C=O) groups is 1. The average molecular weight is 508 g/mol. The van der Waals surface area contributed by atoms with E-state index >= 15 is 0 Å². The number of fused-ring (bicyclic) bond motifs is 1. The van der Waals surface area contributed by atoms with Gasteiger partial charge in [-0.1, -0.05) is 6.42 Å². The summed E-state index contributed by atoms with van der Waals surface area (Å²) in [4.78, 5) is 29.5. The number of methoxy groups -OCH3 is 3. The number of amides is 1. The van der Waals surface area contributed by atoms with Crippen molar-refractivity contribution in [1.82, 2.24) is 19.8 Å². The van der Waals surface area contributed by atoms with Crippen LogP contribution in [0.1, 0.15) is 36.1 Å². The van der Waals surface area contributed by atoms with Gasteiger partial charge in [0.1, 0.15) is 5.75 Å². The van der Waals surface area contributed by atoms with Crippen LogP contribution in [-0.2, 0) is 17.6 Å². The molecule has 2 aromatic rings. The smallest absolute Gasteiger partial charge is 0.246 e. The van der Waals surface area contributed by atoms with Gasteiger partial charge < -0.3 is 24.0 Å². The number of hydrogen-bond acceptors (Lipinski definition) is 8. The first-order chi connectivity index (χ1) is 18.1. The molecule has 5 rings (SSSR count). The number of hydrogen-bond donors (Lipinski definition) is 0. The highest BCUT2D eigenvalue weighted by atomic mass is 16.5. The van der Waals surface area contributed by atoms with Crippen LogP contribution in [0.5, 0.6) is 17.2 Å². The summed E-state index contributed by atoms with van der Waals surface area (Å²) in [5, 5.41) is 0. The van der Waals surface area contributed by atoms with Crippen molar-refractivity contribution in [1.29, 1.82) is 0 Å². The molecule has 1 aromatic heterocycles. The predicted molar refractivity (Wildman–Crippen MR) is 143 cm³/mol. The quantitative estimate of drug-likeness (QED) is 0.530. The summed E-state index contributed by atoms with van der Waals surface area (Å²) in [6.45, 7) is 5.40. The molecule has 0 radical (unpaired) electrons. The van der Waals surface area contributed by atoms with E-state index in [0.717, 1.165) is 67.8 Å². The van der Waals surface area contributed by atoms with Crippen LogP contribution in [0, 0.1) is 0 Å². The lowest BCUT2D eigenvalue weighted by Crippen LogP contribution is -2.52. The predicted octanol–water partition coefficient (Wildman–Crippen LogP) is 2.82. The molecule has 0 N–H and O–H groups in total. The zero-order chi connectivity index (χ0) is 25.8. The lowest BCUT2D eigenvalue weighted by Gasteiger charge is -2.43. The highest BCUT2D eigenvalue weighted by Crippen LogP contribution is 2.35. The molecule has 1 saturated heterocycles. The number of benzene rings is 1. The van der Waals surface area contributed by atoms with E-state index in [1.54, 1.807) is 39.5 Å². The van der Waals surface area contributed by atoms with Crippen LogP contribution in [0.25, 0.3) is 6.08 Å². The average Bonchev–Trinajstić information content (AvgIpc) is 3.13. The van der Waals surface area contributed by atoms with Crippen molar-refractivity contribution in [3.05, 3.63) is 41.2 Å². The maximum atomic E-state index is 13.1. The molecule has 0 unspecified atom stereocenters. The van der Waals surface area contributed by atoms with Crippen LogP contribution >= 0.6 is 0 Å². The number of rotatable bonds is 7. The monoisotopic (exact) mass is 507 g/mol. The molecule has 198 valence electrons. The van der Waals surface area contributed by atoms with E-state index in [2.05, 4.69) is 9.80 Å². The number of anilines is 1. The van der Waals surface area contributed by atoms with Crippen LogP contribution in [0.2, 0.25) is 0 Å². The minimum Gasteiger partial charge on any atom is -0.496 e. The van der Waals surface area contributed by atoms with Gasteiger partial charge >= 0.3 is 0 Å². The molecule has 1 aliphatic carbocycles. The summed E-state index contributed by atoms with van der Waals surface area (Å²) in [7, 11) is 4.76. The van der Waals surface area contributed by atoms with Crippen LogP contribution in [-0.4, -0.2) is 92.3 Å².